The predicted octanol–water partition coefficient (Wildman–Crippen LogP) is 2.82. The highest BCUT2D eigenvalue weighted by Gasteiger charge is 2.43. The first-order valence-corrected chi connectivity index (χ1v) is 7.69. The maximum absolute atomic E-state index is 13.9. The van der Waals surface area contributed by atoms with Crippen LogP contribution in [0.5, 0.6) is 0 Å². The SMILES string of the molecule is O=CCC(F)(F)C(=O)C(Cc1ccccc1)NC(=O)c1ccccc1. The predicted molar refractivity (Wildman–Crippen MR) is 88.5 cm³/mol. The molecule has 4 nitrogen and oxygen atoms in total. The molecule has 0 saturated carbocycles. The second kappa shape index (κ2) is 8.28. The lowest BCUT2D eigenvalue weighted by molar-refractivity contribution is -0.147. The summed E-state index contributed by atoms with van der Waals surface area (Å²) in [5.74, 6) is -5.94. The highest BCUT2D eigenvalue weighted by Crippen LogP contribution is 2.22. The molecule has 0 spiro atoms. The molecule has 1 unspecified atom stereocenters. The van der Waals surface area contributed by atoms with E-state index >= 15 is 0 Å². The van der Waals surface area contributed by atoms with Gasteiger partial charge in [-0.05, 0) is 24.1 Å². The Morgan fingerprint density at radius 1 is 1.00 bits per heavy atom. The van der Waals surface area contributed by atoms with Crippen molar-refractivity contribution in [1.82, 2.24) is 5.32 Å². The van der Waals surface area contributed by atoms with E-state index in [0.29, 0.717) is 5.56 Å². The van der Waals surface area contributed by atoms with Crippen molar-refractivity contribution in [3.05, 3.63) is 71.8 Å². The third kappa shape index (κ3) is 5.04. The normalized spacial score (nSPS) is 12.2. The summed E-state index contributed by atoms with van der Waals surface area (Å²) in [4.78, 5) is 34.9. The number of halogens is 2. The van der Waals surface area contributed by atoms with Gasteiger partial charge < -0.3 is 10.1 Å². The number of benzene rings is 2. The lowest BCUT2D eigenvalue weighted by Gasteiger charge is -2.22. The summed E-state index contributed by atoms with van der Waals surface area (Å²) in [5.41, 5.74) is 0.878. The molecule has 0 saturated heterocycles. The van der Waals surface area contributed by atoms with Gasteiger partial charge in [0.05, 0.1) is 12.5 Å². The molecule has 25 heavy (non-hydrogen) atoms. The van der Waals surface area contributed by atoms with Crippen molar-refractivity contribution in [1.29, 1.82) is 0 Å². The maximum Gasteiger partial charge on any atom is 0.313 e. The number of carbonyl (C=O) groups is 3. The molecular formula is C19H17F2NO3. The van der Waals surface area contributed by atoms with Gasteiger partial charge in [0.2, 0.25) is 5.78 Å². The highest BCUT2D eigenvalue weighted by molar-refractivity contribution is 6.00. The van der Waals surface area contributed by atoms with E-state index in [1.54, 1.807) is 48.5 Å². The van der Waals surface area contributed by atoms with E-state index < -0.39 is 30.1 Å². The summed E-state index contributed by atoms with van der Waals surface area (Å²) >= 11 is 0. The molecule has 2 aromatic carbocycles. The molecule has 0 aromatic heterocycles. The molecule has 1 atom stereocenters. The van der Waals surface area contributed by atoms with Crippen molar-refractivity contribution in [3.63, 3.8) is 0 Å². The fourth-order valence-electron chi connectivity index (χ4n) is 2.35. The number of amides is 1. The van der Waals surface area contributed by atoms with Crippen LogP contribution in [0.4, 0.5) is 8.78 Å². The Balaban J connectivity index is 2.24. The van der Waals surface area contributed by atoms with Crippen LogP contribution in [0, 0.1) is 0 Å². The van der Waals surface area contributed by atoms with Crippen LogP contribution in [0.1, 0.15) is 22.3 Å². The number of nitrogens with one attached hydrogen (secondary N) is 1. The first-order valence-electron chi connectivity index (χ1n) is 7.69. The number of Topliss-reactive ketones (excluding diaryl/α,β-unsaturated/α-hetero) is 1. The van der Waals surface area contributed by atoms with Crippen LogP contribution in [0.3, 0.4) is 0 Å². The Morgan fingerprint density at radius 2 is 1.56 bits per heavy atom. The molecule has 0 aliphatic heterocycles. The van der Waals surface area contributed by atoms with Gasteiger partial charge in [0.25, 0.3) is 5.91 Å². The summed E-state index contributed by atoms with van der Waals surface area (Å²) in [6, 6.07) is 15.1. The Morgan fingerprint density at radius 3 is 2.12 bits per heavy atom. The van der Waals surface area contributed by atoms with Gasteiger partial charge in [0.1, 0.15) is 6.29 Å². The summed E-state index contributed by atoms with van der Waals surface area (Å²) in [6.45, 7) is 0. The fourth-order valence-corrected chi connectivity index (χ4v) is 2.35. The maximum atomic E-state index is 13.9. The third-order valence-electron chi connectivity index (χ3n) is 3.64. The van der Waals surface area contributed by atoms with Crippen molar-refractivity contribution < 1.29 is 23.2 Å². The summed E-state index contributed by atoms with van der Waals surface area (Å²) in [6.07, 6.45) is -1.30. The fraction of sp³-hybridized carbons (Fsp3) is 0.211. The average molecular weight is 345 g/mol. The quantitative estimate of drug-likeness (QED) is 0.749. The molecule has 2 rings (SSSR count). The lowest BCUT2D eigenvalue weighted by Crippen LogP contribution is -2.49. The van der Waals surface area contributed by atoms with Crippen LogP contribution in [0.15, 0.2) is 60.7 Å². The number of rotatable bonds is 8. The van der Waals surface area contributed by atoms with Crippen LogP contribution in [0.25, 0.3) is 0 Å². The van der Waals surface area contributed by atoms with Crippen molar-refractivity contribution >= 4 is 18.0 Å². The van der Waals surface area contributed by atoms with Crippen molar-refractivity contribution in [2.24, 2.45) is 0 Å². The van der Waals surface area contributed by atoms with Crippen LogP contribution < -0.4 is 5.32 Å². The lowest BCUT2D eigenvalue weighted by atomic mass is 9.97. The molecule has 1 amide bonds. The van der Waals surface area contributed by atoms with Crippen molar-refractivity contribution in [2.45, 2.75) is 24.8 Å². The largest absolute Gasteiger partial charge is 0.342 e. The standard InChI is InChI=1S/C19H17F2NO3/c20-19(21,11-12-23)17(24)16(13-14-7-3-1-4-8-14)22-18(25)15-9-5-2-6-10-15/h1-10,12,16H,11,13H2,(H,22,25). The minimum atomic E-state index is -3.83. The minimum absolute atomic E-state index is 0.00348. The van der Waals surface area contributed by atoms with Gasteiger partial charge in [-0.15, -0.1) is 0 Å². The Labute approximate surface area is 143 Å². The molecule has 1 N–H and O–H groups in total. The van der Waals surface area contributed by atoms with Crippen LogP contribution in [-0.4, -0.2) is 29.9 Å². The third-order valence-corrected chi connectivity index (χ3v) is 3.64. The van der Waals surface area contributed by atoms with Gasteiger partial charge in [-0.3, -0.25) is 9.59 Å². The highest BCUT2D eigenvalue weighted by atomic mass is 19.3. The van der Waals surface area contributed by atoms with Gasteiger partial charge in [-0.25, -0.2) is 0 Å². The van der Waals surface area contributed by atoms with E-state index in [1.165, 1.54) is 12.1 Å². The molecule has 0 aliphatic carbocycles. The van der Waals surface area contributed by atoms with Crippen LogP contribution >= 0.6 is 0 Å². The molecule has 0 fully saturated rings. The van der Waals surface area contributed by atoms with E-state index in [4.69, 9.17) is 0 Å². The average Bonchev–Trinajstić information content (AvgIpc) is 2.62. The van der Waals surface area contributed by atoms with Gasteiger partial charge in [0, 0.05) is 5.56 Å². The number of ketones is 1. The van der Waals surface area contributed by atoms with E-state index in [2.05, 4.69) is 5.32 Å². The van der Waals surface area contributed by atoms with Gasteiger partial charge in [-0.2, -0.15) is 8.78 Å². The smallest absolute Gasteiger partial charge is 0.313 e. The molecule has 130 valence electrons. The zero-order valence-electron chi connectivity index (χ0n) is 13.3. The van der Waals surface area contributed by atoms with E-state index in [0.717, 1.165) is 0 Å². The summed E-state index contributed by atoms with van der Waals surface area (Å²) in [5, 5.41) is 2.36. The zero-order valence-corrected chi connectivity index (χ0v) is 13.3. The number of alkyl halides is 2. The van der Waals surface area contributed by atoms with Gasteiger partial charge in [0.15, 0.2) is 0 Å². The van der Waals surface area contributed by atoms with Crippen molar-refractivity contribution in [2.75, 3.05) is 0 Å². The van der Waals surface area contributed by atoms with E-state index in [9.17, 15) is 23.2 Å². The molecule has 6 heteroatoms. The molecule has 2 aromatic rings. The van der Waals surface area contributed by atoms with E-state index in [1.807, 2.05) is 0 Å². The van der Waals surface area contributed by atoms with Crippen molar-refractivity contribution in [3.8, 4) is 0 Å². The Kier molecular flexibility index (Phi) is 6.11. The molecule has 0 radical (unpaired) electrons. The summed E-state index contributed by atoms with van der Waals surface area (Å²) in [7, 11) is 0. The monoisotopic (exact) mass is 345 g/mol. The number of hydrogen-bond acceptors (Lipinski definition) is 3. The molecular weight excluding hydrogens is 328 g/mol. The Hall–Kier alpha value is -2.89. The van der Waals surface area contributed by atoms with Gasteiger partial charge >= 0.3 is 5.92 Å². The van der Waals surface area contributed by atoms with Crippen LogP contribution in [-0.2, 0) is 16.0 Å². The molecule has 0 aliphatic rings. The van der Waals surface area contributed by atoms with E-state index in [-0.39, 0.29) is 18.3 Å². The summed E-state index contributed by atoms with van der Waals surface area (Å²) < 4.78 is 27.8. The number of hydrogen-bond donors (Lipinski definition) is 1. The second-order valence-electron chi connectivity index (χ2n) is 5.52. The second-order valence-corrected chi connectivity index (χ2v) is 5.52. The molecule has 0 heterocycles. The van der Waals surface area contributed by atoms with Crippen LogP contribution in [0.2, 0.25) is 0 Å². The number of aldehydes is 1. The first kappa shape index (κ1) is 18.4. The van der Waals surface area contributed by atoms with Gasteiger partial charge in [-0.1, -0.05) is 48.5 Å². The minimum Gasteiger partial charge on any atom is -0.342 e. The number of carbonyl (C=O) groups excluding carboxylic acids is 3. The first-order chi connectivity index (χ1) is 11.9. The molecule has 0 bridgehead atoms. The zero-order chi connectivity index (χ0) is 18.3. The topological polar surface area (TPSA) is 63.2 Å². The Bertz CT molecular complexity index is 733.